The van der Waals surface area contributed by atoms with Gasteiger partial charge in [-0.3, -0.25) is 4.98 Å². The van der Waals surface area contributed by atoms with Crippen LogP contribution in [-0.2, 0) is 10.8 Å². The van der Waals surface area contributed by atoms with Crippen molar-refractivity contribution in [3.05, 3.63) is 151 Å². The number of benzene rings is 5. The Balaban J connectivity index is 1.34. The van der Waals surface area contributed by atoms with Crippen molar-refractivity contribution in [3.8, 4) is 16.8 Å². The van der Waals surface area contributed by atoms with Crippen molar-refractivity contribution in [1.82, 2.24) is 14.5 Å². The van der Waals surface area contributed by atoms with E-state index in [2.05, 4.69) is 191 Å². The Hall–Kier alpha value is -5.39. The van der Waals surface area contributed by atoms with Crippen LogP contribution in [0.25, 0.3) is 38.6 Å². The number of pyridine rings is 1. The number of anilines is 1. The molecule has 0 spiro atoms. The van der Waals surface area contributed by atoms with Crippen LogP contribution in [-0.4, -0.2) is 36.2 Å². The second-order valence-corrected chi connectivity index (χ2v) is 20.4. The summed E-state index contributed by atoms with van der Waals surface area (Å²) < 4.78 is 2.48. The summed E-state index contributed by atoms with van der Waals surface area (Å²) in [6, 6.07) is 46.3. The number of aromatic nitrogens is 2. The second-order valence-electron chi connectivity index (χ2n) is 16.8. The first-order chi connectivity index (χ1) is 24.9. The SMILES string of the molecule is CN1C=CN(c2ccc3c4ccccc4n(-c4cccc([Si]5(c6ccccn6)c6ccc(C(C)(C)C)cc6-c6cc(C(C)(C)C)ccc65)c4)c3c2)C1. The largest absolute Gasteiger partial charge is 0.361 e. The summed E-state index contributed by atoms with van der Waals surface area (Å²) in [5, 5.41) is 7.90. The van der Waals surface area contributed by atoms with Crippen LogP contribution in [0.3, 0.4) is 0 Å². The van der Waals surface area contributed by atoms with Gasteiger partial charge in [-0.15, -0.1) is 0 Å². The van der Waals surface area contributed by atoms with E-state index in [1.807, 2.05) is 12.3 Å². The van der Waals surface area contributed by atoms with Crippen LogP contribution in [0.2, 0.25) is 0 Å². The van der Waals surface area contributed by atoms with E-state index in [1.165, 1.54) is 76.3 Å². The minimum atomic E-state index is -2.86. The highest BCUT2D eigenvalue weighted by Gasteiger charge is 2.50. The van der Waals surface area contributed by atoms with E-state index in [0.717, 1.165) is 6.67 Å². The lowest BCUT2D eigenvalue weighted by molar-refractivity contribution is 0.496. The first-order valence-corrected chi connectivity index (χ1v) is 20.5. The molecule has 9 rings (SSSR count). The molecule has 0 aliphatic carbocycles. The van der Waals surface area contributed by atoms with Crippen molar-refractivity contribution in [2.45, 2.75) is 52.4 Å². The summed E-state index contributed by atoms with van der Waals surface area (Å²) in [5.41, 5.74) is 10.3. The molecule has 0 radical (unpaired) electrons. The molecule has 0 N–H and O–H groups in total. The van der Waals surface area contributed by atoms with Crippen molar-refractivity contribution in [3.63, 3.8) is 0 Å². The van der Waals surface area contributed by atoms with Crippen molar-refractivity contribution in [1.29, 1.82) is 0 Å². The molecule has 5 aromatic carbocycles. The maximum absolute atomic E-state index is 5.24. The fraction of sp³-hybridized carbons (Fsp3) is 0.213. The van der Waals surface area contributed by atoms with Gasteiger partial charge >= 0.3 is 0 Å². The number of fused-ring (bicyclic) bond motifs is 6. The minimum absolute atomic E-state index is 0.0320. The minimum Gasteiger partial charge on any atom is -0.361 e. The number of hydrogen-bond donors (Lipinski definition) is 0. The number of para-hydroxylation sites is 1. The number of hydrogen-bond acceptors (Lipinski definition) is 3. The fourth-order valence-corrected chi connectivity index (χ4v) is 13.5. The van der Waals surface area contributed by atoms with Gasteiger partial charge in [0.25, 0.3) is 0 Å². The molecule has 2 aromatic heterocycles. The van der Waals surface area contributed by atoms with Gasteiger partial charge in [-0.2, -0.15) is 0 Å². The van der Waals surface area contributed by atoms with Crippen LogP contribution in [0, 0.1) is 0 Å². The summed E-state index contributed by atoms with van der Waals surface area (Å²) >= 11 is 0. The molecular formula is C47H46N4Si. The van der Waals surface area contributed by atoms with Gasteiger partial charge in [-0.25, -0.2) is 0 Å². The molecule has 258 valence electrons. The standard InChI is InChI=1S/C47H46N4Si/c1-46(2,3)32-18-22-43-39(27-32)40-28-33(47(4,5)6)19-23-44(40)52(43,45-17-10-11-24-48-45)36-14-12-13-35(29-36)51-41-16-9-8-15-37(41)38-21-20-34(30-42(38)51)50-26-25-49(7)31-50/h8-30H,31H2,1-7H3. The second kappa shape index (κ2) is 11.6. The van der Waals surface area contributed by atoms with Gasteiger partial charge in [0.15, 0.2) is 0 Å². The lowest BCUT2D eigenvalue weighted by Crippen LogP contribution is -2.73. The smallest absolute Gasteiger partial charge is 0.203 e. The normalized spacial score (nSPS) is 15.1. The third-order valence-corrected chi connectivity index (χ3v) is 16.1. The first kappa shape index (κ1) is 32.5. The Kier molecular flexibility index (Phi) is 7.23. The maximum atomic E-state index is 5.24. The first-order valence-electron chi connectivity index (χ1n) is 18.5. The van der Waals surface area contributed by atoms with E-state index in [4.69, 9.17) is 4.98 Å². The molecule has 0 saturated heterocycles. The van der Waals surface area contributed by atoms with Crippen LogP contribution in [0.4, 0.5) is 5.69 Å². The van der Waals surface area contributed by atoms with Crippen LogP contribution < -0.4 is 25.8 Å². The van der Waals surface area contributed by atoms with E-state index in [-0.39, 0.29) is 10.8 Å². The Morgan fingerprint density at radius 1 is 0.577 bits per heavy atom. The molecule has 0 fully saturated rings. The topological polar surface area (TPSA) is 24.3 Å². The summed E-state index contributed by atoms with van der Waals surface area (Å²) in [4.78, 5) is 9.76. The van der Waals surface area contributed by atoms with Crippen molar-refractivity contribution in [2.24, 2.45) is 0 Å². The third-order valence-electron chi connectivity index (χ3n) is 11.3. The van der Waals surface area contributed by atoms with Crippen LogP contribution in [0.15, 0.2) is 140 Å². The predicted molar refractivity (Wildman–Crippen MR) is 223 cm³/mol. The molecule has 0 saturated carbocycles. The molecule has 0 unspecified atom stereocenters. The van der Waals surface area contributed by atoms with Gasteiger partial charge in [-0.05, 0) is 91.1 Å². The monoisotopic (exact) mass is 694 g/mol. The molecular weight excluding hydrogens is 649 g/mol. The Labute approximate surface area is 308 Å². The van der Waals surface area contributed by atoms with Crippen LogP contribution in [0.1, 0.15) is 52.7 Å². The molecule has 4 nitrogen and oxygen atoms in total. The third kappa shape index (κ3) is 4.90. The van der Waals surface area contributed by atoms with Gasteiger partial charge in [0.2, 0.25) is 8.07 Å². The van der Waals surface area contributed by atoms with Crippen molar-refractivity contribution < 1.29 is 0 Å². The highest BCUT2D eigenvalue weighted by atomic mass is 28.3. The van der Waals surface area contributed by atoms with E-state index in [0.29, 0.717) is 0 Å². The Bertz CT molecular complexity index is 2480. The fourth-order valence-electron chi connectivity index (χ4n) is 8.58. The molecule has 7 aromatic rings. The molecule has 0 atom stereocenters. The van der Waals surface area contributed by atoms with Gasteiger partial charge in [0.05, 0.1) is 17.7 Å². The van der Waals surface area contributed by atoms with E-state index < -0.39 is 8.07 Å². The van der Waals surface area contributed by atoms with E-state index in [9.17, 15) is 0 Å². The highest BCUT2D eigenvalue weighted by Crippen LogP contribution is 2.37. The molecule has 2 aliphatic heterocycles. The Morgan fingerprint density at radius 2 is 1.25 bits per heavy atom. The zero-order chi connectivity index (χ0) is 36.0. The maximum Gasteiger partial charge on any atom is 0.203 e. The lowest BCUT2D eigenvalue weighted by atomic mass is 9.83. The quantitative estimate of drug-likeness (QED) is 0.173. The Morgan fingerprint density at radius 3 is 1.88 bits per heavy atom. The van der Waals surface area contributed by atoms with Gasteiger partial charge < -0.3 is 14.4 Å². The van der Waals surface area contributed by atoms with Gasteiger partial charge in [-0.1, -0.05) is 120 Å². The zero-order valence-electron chi connectivity index (χ0n) is 31.3. The van der Waals surface area contributed by atoms with Gasteiger partial charge in [0, 0.05) is 53.1 Å². The predicted octanol–water partition coefficient (Wildman–Crippen LogP) is 8.31. The number of rotatable bonds is 4. The van der Waals surface area contributed by atoms with E-state index in [1.54, 1.807) is 0 Å². The average Bonchev–Trinajstić information content (AvgIpc) is 3.81. The number of nitrogens with zero attached hydrogens (tertiary/aromatic N) is 4. The lowest BCUT2D eigenvalue weighted by Gasteiger charge is -2.31. The summed E-state index contributed by atoms with van der Waals surface area (Å²) in [6.07, 6.45) is 6.29. The van der Waals surface area contributed by atoms with Crippen molar-refractivity contribution in [2.75, 3.05) is 18.6 Å². The van der Waals surface area contributed by atoms with Gasteiger partial charge in [0.1, 0.15) is 0 Å². The molecule has 4 heterocycles. The van der Waals surface area contributed by atoms with Crippen LogP contribution >= 0.6 is 0 Å². The van der Waals surface area contributed by atoms with Crippen LogP contribution in [0.5, 0.6) is 0 Å². The molecule has 0 amide bonds. The molecule has 5 heteroatoms. The average molecular weight is 695 g/mol. The summed E-state index contributed by atoms with van der Waals surface area (Å²) in [5.74, 6) is 0. The molecule has 2 aliphatic rings. The molecule has 52 heavy (non-hydrogen) atoms. The zero-order valence-corrected chi connectivity index (χ0v) is 32.3. The van der Waals surface area contributed by atoms with Crippen molar-refractivity contribution >= 4 is 56.4 Å². The molecule has 0 bridgehead atoms. The summed E-state index contributed by atoms with van der Waals surface area (Å²) in [7, 11) is -0.739. The highest BCUT2D eigenvalue weighted by molar-refractivity contribution is 7.21. The summed E-state index contributed by atoms with van der Waals surface area (Å²) in [6.45, 7) is 14.7. The van der Waals surface area contributed by atoms with E-state index >= 15 is 0 Å².